The van der Waals surface area contributed by atoms with E-state index < -0.39 is 18.2 Å². The number of carbonyl (C=O) groups excluding carboxylic acids is 1. The highest BCUT2D eigenvalue weighted by molar-refractivity contribution is 5.97. The van der Waals surface area contributed by atoms with Crippen LogP contribution in [-0.4, -0.2) is 29.1 Å². The zero-order chi connectivity index (χ0) is 17.8. The Morgan fingerprint density at radius 3 is 2.68 bits per heavy atom. The van der Waals surface area contributed by atoms with Crippen molar-refractivity contribution in [3.63, 3.8) is 0 Å². The molecule has 0 amide bonds. The van der Waals surface area contributed by atoms with Gasteiger partial charge in [-0.15, -0.1) is 13.2 Å². The van der Waals surface area contributed by atoms with E-state index in [0.29, 0.717) is 22.7 Å². The number of anilines is 1. The van der Waals surface area contributed by atoms with Gasteiger partial charge in [0.1, 0.15) is 12.4 Å². The number of aromatic nitrogens is 2. The Hall–Kier alpha value is -2.97. The van der Waals surface area contributed by atoms with Gasteiger partial charge in [0.15, 0.2) is 5.82 Å². The highest BCUT2D eigenvalue weighted by Gasteiger charge is 2.40. The number of aryl methyl sites for hydroxylation is 1. The molecule has 0 bridgehead atoms. The summed E-state index contributed by atoms with van der Waals surface area (Å²) in [5.41, 5.74) is 3.23. The Balaban J connectivity index is 1.77. The Labute approximate surface area is 139 Å². The molecule has 25 heavy (non-hydrogen) atoms. The SMILES string of the molecule is Cc1[nH]nc2c1C(c1ccc(OC(F)(F)F)cc1)C1=C(COC1=O)N2. The first-order valence-electron chi connectivity index (χ1n) is 7.41. The highest BCUT2D eigenvalue weighted by Crippen LogP contribution is 2.45. The Bertz CT molecular complexity index is 884. The summed E-state index contributed by atoms with van der Waals surface area (Å²) in [6.07, 6.45) is -4.75. The van der Waals surface area contributed by atoms with Gasteiger partial charge in [0, 0.05) is 17.2 Å². The maximum absolute atomic E-state index is 12.3. The summed E-state index contributed by atoms with van der Waals surface area (Å²) in [7, 11) is 0. The van der Waals surface area contributed by atoms with Gasteiger partial charge in [-0.3, -0.25) is 5.10 Å². The molecule has 1 aromatic heterocycles. The maximum Gasteiger partial charge on any atom is 0.573 e. The summed E-state index contributed by atoms with van der Waals surface area (Å²) in [6, 6.07) is 5.45. The van der Waals surface area contributed by atoms with Crippen molar-refractivity contribution < 1.29 is 27.4 Å². The van der Waals surface area contributed by atoms with E-state index in [1.54, 1.807) is 0 Å². The van der Waals surface area contributed by atoms with Gasteiger partial charge in [0.2, 0.25) is 0 Å². The highest BCUT2D eigenvalue weighted by atomic mass is 19.4. The van der Waals surface area contributed by atoms with Gasteiger partial charge in [-0.05, 0) is 24.6 Å². The molecule has 4 rings (SSSR count). The fraction of sp³-hybridized carbons (Fsp3) is 0.250. The number of rotatable bonds is 2. The lowest BCUT2D eigenvalue weighted by atomic mass is 9.82. The number of halogens is 3. The molecule has 130 valence electrons. The Morgan fingerprint density at radius 2 is 2.00 bits per heavy atom. The van der Waals surface area contributed by atoms with Crippen molar-refractivity contribution in [2.45, 2.75) is 19.2 Å². The predicted octanol–water partition coefficient (Wildman–Crippen LogP) is 2.99. The van der Waals surface area contributed by atoms with Crippen LogP contribution in [0.3, 0.4) is 0 Å². The molecule has 0 aliphatic carbocycles. The van der Waals surface area contributed by atoms with Crippen LogP contribution in [0, 0.1) is 6.92 Å². The smallest absolute Gasteiger partial charge is 0.456 e. The fourth-order valence-electron chi connectivity index (χ4n) is 3.18. The summed E-state index contributed by atoms with van der Waals surface area (Å²) in [6.45, 7) is 1.93. The minimum Gasteiger partial charge on any atom is -0.456 e. The molecule has 2 aliphatic heterocycles. The third-order valence-corrected chi connectivity index (χ3v) is 4.18. The van der Waals surface area contributed by atoms with Crippen molar-refractivity contribution in [2.75, 3.05) is 11.9 Å². The number of nitrogens with one attached hydrogen (secondary N) is 2. The molecule has 2 aliphatic rings. The van der Waals surface area contributed by atoms with E-state index >= 15 is 0 Å². The monoisotopic (exact) mass is 351 g/mol. The van der Waals surface area contributed by atoms with E-state index in [9.17, 15) is 18.0 Å². The molecule has 0 fully saturated rings. The summed E-state index contributed by atoms with van der Waals surface area (Å²) >= 11 is 0. The normalized spacial score (nSPS) is 19.2. The second-order valence-electron chi connectivity index (χ2n) is 5.75. The molecular weight excluding hydrogens is 339 g/mol. The first-order valence-corrected chi connectivity index (χ1v) is 7.41. The number of hydrogen-bond donors (Lipinski definition) is 2. The molecule has 0 spiro atoms. The number of ether oxygens (including phenoxy) is 2. The van der Waals surface area contributed by atoms with E-state index in [1.165, 1.54) is 24.3 Å². The Morgan fingerprint density at radius 1 is 1.28 bits per heavy atom. The lowest BCUT2D eigenvalue weighted by Crippen LogP contribution is -2.20. The number of esters is 1. The molecule has 0 radical (unpaired) electrons. The second kappa shape index (κ2) is 5.27. The molecule has 9 heteroatoms. The molecule has 2 aromatic rings. The number of hydrogen-bond acceptors (Lipinski definition) is 5. The molecule has 1 unspecified atom stereocenters. The van der Waals surface area contributed by atoms with E-state index in [0.717, 1.165) is 11.3 Å². The van der Waals surface area contributed by atoms with Gasteiger partial charge in [-0.25, -0.2) is 4.79 Å². The fourth-order valence-corrected chi connectivity index (χ4v) is 3.18. The van der Waals surface area contributed by atoms with Crippen molar-refractivity contribution in [1.82, 2.24) is 10.2 Å². The van der Waals surface area contributed by atoms with Crippen molar-refractivity contribution in [3.05, 3.63) is 52.4 Å². The number of carbonyl (C=O) groups is 1. The number of alkyl halides is 3. The summed E-state index contributed by atoms with van der Waals surface area (Å²) < 4.78 is 46.0. The summed E-state index contributed by atoms with van der Waals surface area (Å²) in [4.78, 5) is 12.2. The molecule has 1 aromatic carbocycles. The molecule has 3 heterocycles. The molecule has 1 atom stereocenters. The summed E-state index contributed by atoms with van der Waals surface area (Å²) in [5.74, 6) is -0.665. The number of fused-ring (bicyclic) bond motifs is 1. The first kappa shape index (κ1) is 15.6. The zero-order valence-electron chi connectivity index (χ0n) is 12.9. The van der Waals surface area contributed by atoms with Crippen LogP contribution >= 0.6 is 0 Å². The standard InChI is InChI=1S/C16H12F3N3O3/c1-7-11-12(8-2-4-9(5-3-8)25-16(17,18)19)13-10(6-24-15(13)23)20-14(11)22-21-7/h2-5,12H,6H2,1H3,(H2,20,21,22). The van der Waals surface area contributed by atoms with E-state index in [-0.39, 0.29) is 12.4 Å². The number of benzene rings is 1. The molecule has 2 N–H and O–H groups in total. The average molecular weight is 351 g/mol. The van der Waals surface area contributed by atoms with Crippen molar-refractivity contribution in [3.8, 4) is 5.75 Å². The third kappa shape index (κ3) is 2.61. The van der Waals surface area contributed by atoms with Gasteiger partial charge < -0.3 is 14.8 Å². The third-order valence-electron chi connectivity index (χ3n) is 4.18. The molecule has 0 saturated heterocycles. The van der Waals surface area contributed by atoms with Gasteiger partial charge in [0.25, 0.3) is 0 Å². The predicted molar refractivity (Wildman–Crippen MR) is 79.9 cm³/mol. The minimum absolute atomic E-state index is 0.116. The average Bonchev–Trinajstić information content (AvgIpc) is 3.09. The molecule has 6 nitrogen and oxygen atoms in total. The van der Waals surface area contributed by atoms with Crippen LogP contribution in [0.4, 0.5) is 19.0 Å². The number of nitrogens with zero attached hydrogens (tertiary/aromatic N) is 1. The number of cyclic esters (lactones) is 1. The van der Waals surface area contributed by atoms with Crippen LogP contribution in [0.25, 0.3) is 0 Å². The van der Waals surface area contributed by atoms with Crippen molar-refractivity contribution in [1.29, 1.82) is 0 Å². The molecule has 0 saturated carbocycles. The second-order valence-corrected chi connectivity index (χ2v) is 5.75. The largest absolute Gasteiger partial charge is 0.573 e. The topological polar surface area (TPSA) is 76.2 Å². The quantitative estimate of drug-likeness (QED) is 0.814. The lowest BCUT2D eigenvalue weighted by Gasteiger charge is -2.24. The minimum atomic E-state index is -4.75. The van der Waals surface area contributed by atoms with Gasteiger partial charge in [-0.2, -0.15) is 5.10 Å². The number of aromatic amines is 1. The Kier molecular flexibility index (Phi) is 3.28. The zero-order valence-corrected chi connectivity index (χ0v) is 12.9. The van der Waals surface area contributed by atoms with Gasteiger partial charge >= 0.3 is 12.3 Å². The van der Waals surface area contributed by atoms with Crippen LogP contribution in [0.2, 0.25) is 0 Å². The van der Waals surface area contributed by atoms with Crippen LogP contribution < -0.4 is 10.1 Å². The van der Waals surface area contributed by atoms with Crippen molar-refractivity contribution >= 4 is 11.8 Å². The van der Waals surface area contributed by atoms with E-state index in [4.69, 9.17) is 4.74 Å². The van der Waals surface area contributed by atoms with Crippen LogP contribution in [0.15, 0.2) is 35.5 Å². The van der Waals surface area contributed by atoms with Crippen LogP contribution in [0.5, 0.6) is 5.75 Å². The van der Waals surface area contributed by atoms with Gasteiger partial charge in [-0.1, -0.05) is 12.1 Å². The first-order chi connectivity index (χ1) is 11.8. The summed E-state index contributed by atoms with van der Waals surface area (Å²) in [5, 5.41) is 10.1. The van der Waals surface area contributed by atoms with Crippen LogP contribution in [-0.2, 0) is 9.53 Å². The van der Waals surface area contributed by atoms with Gasteiger partial charge in [0.05, 0.1) is 11.3 Å². The molecular formula is C16H12F3N3O3. The van der Waals surface area contributed by atoms with Crippen LogP contribution in [0.1, 0.15) is 22.7 Å². The van der Waals surface area contributed by atoms with Crippen molar-refractivity contribution in [2.24, 2.45) is 0 Å². The van der Waals surface area contributed by atoms with E-state index in [1.807, 2.05) is 6.92 Å². The van der Waals surface area contributed by atoms with E-state index in [2.05, 4.69) is 20.3 Å². The maximum atomic E-state index is 12.3. The number of H-pyrrole nitrogens is 1. The lowest BCUT2D eigenvalue weighted by molar-refractivity contribution is -0.274.